The lowest BCUT2D eigenvalue weighted by Gasteiger charge is -2.42. The zero-order valence-electron chi connectivity index (χ0n) is 36.4. The first-order valence-corrected chi connectivity index (χ1v) is 22.2. The Bertz CT molecular complexity index is 4010. The Kier molecular flexibility index (Phi) is 6.54. The normalized spacial score (nSPS) is 13.9. The summed E-state index contributed by atoms with van der Waals surface area (Å²) < 4.78 is 22.6. The van der Waals surface area contributed by atoms with Gasteiger partial charge in [0.1, 0.15) is 33.5 Å². The van der Waals surface area contributed by atoms with Crippen LogP contribution in [0.4, 0.5) is 11.4 Å². The number of furan rings is 3. The van der Waals surface area contributed by atoms with Crippen molar-refractivity contribution >= 4 is 117 Å². The van der Waals surface area contributed by atoms with Gasteiger partial charge in [0, 0.05) is 83.9 Å². The predicted molar refractivity (Wildman–Crippen MR) is 264 cm³/mol. The van der Waals surface area contributed by atoms with Crippen LogP contribution in [-0.4, -0.2) is 11.4 Å². The lowest BCUT2D eigenvalue weighted by molar-refractivity contribution is 0.590. The van der Waals surface area contributed by atoms with E-state index in [2.05, 4.69) is 185 Å². The number of benzene rings is 8. The minimum Gasteiger partial charge on any atom is -0.456 e. The molecule has 0 fully saturated rings. The molecule has 0 radical (unpaired) electrons. The molecular weight excluding hydrogens is 771 g/mol. The van der Waals surface area contributed by atoms with E-state index < -0.39 is 0 Å². The van der Waals surface area contributed by atoms with Gasteiger partial charge in [-0.3, -0.25) is 0 Å². The molecule has 5 nitrogen and oxygen atoms in total. The summed E-state index contributed by atoms with van der Waals surface area (Å²) >= 11 is 0. The van der Waals surface area contributed by atoms with Crippen molar-refractivity contribution in [2.24, 2.45) is 0 Å². The maximum Gasteiger partial charge on any atom is 0.333 e. The predicted octanol–water partition coefficient (Wildman–Crippen LogP) is 14.6. The number of para-hydroxylation sites is 2. The molecule has 14 rings (SSSR count). The Morgan fingerprint density at radius 3 is 1.71 bits per heavy atom. The standard InChI is InChI=1S/C57H43BN2O3/c1-30-22-41-36-24-38-34-12-8-10-14-47(34)61-50(38)27-44(36)59-46-29-52-40(35-13-9-11-15-48(35)62-52)26-43(46)58-54(55(41)59)53(30)42-25-39-37-23-32(57(5,6)7)18-21-49(37)63-51(39)28-45(42)60(58)33-19-16-31(17-20-33)56(2,3)4/h8-29H,1-7H3. The molecule has 12 aromatic rings. The van der Waals surface area contributed by atoms with Crippen LogP contribution in [0.2, 0.25) is 0 Å². The number of nitrogens with zero attached hydrogens (tertiary/aromatic N) is 2. The van der Waals surface area contributed by atoms with Gasteiger partial charge in [0.15, 0.2) is 0 Å². The molecule has 6 heterocycles. The largest absolute Gasteiger partial charge is 0.456 e. The number of anilines is 2. The van der Waals surface area contributed by atoms with E-state index in [1.165, 1.54) is 55.0 Å². The SMILES string of the molecule is Cc1cc2c3cc4c(cc3n3c2c2c1-c1cc5c(cc1N(c1ccc(C(C)(C)C)cc1)B2c1cc2c(cc1-3)oc1ccccc12)oc1ccc(C(C)(C)C)cc15)oc1ccccc14. The molecule has 0 N–H and O–H groups in total. The van der Waals surface area contributed by atoms with Crippen molar-refractivity contribution in [2.75, 3.05) is 4.81 Å². The number of aromatic nitrogens is 1. The molecule has 0 amide bonds. The Hall–Kier alpha value is -7.18. The monoisotopic (exact) mass is 814 g/mol. The molecule has 6 heteroatoms. The van der Waals surface area contributed by atoms with Crippen LogP contribution in [0, 0.1) is 6.92 Å². The first kappa shape index (κ1) is 35.4. The fraction of sp³-hybridized carbons (Fsp3) is 0.158. The highest BCUT2D eigenvalue weighted by Gasteiger charge is 2.45. The lowest BCUT2D eigenvalue weighted by atomic mass is 9.43. The average molecular weight is 815 g/mol. The first-order chi connectivity index (χ1) is 30.4. The third-order valence-electron chi connectivity index (χ3n) is 14.4. The molecule has 2 aliphatic rings. The number of aryl methyl sites for hydroxylation is 1. The Balaban J connectivity index is 1.17. The summed E-state index contributed by atoms with van der Waals surface area (Å²) in [7, 11) is 0. The zero-order chi connectivity index (χ0) is 42.4. The van der Waals surface area contributed by atoms with E-state index in [0.29, 0.717) is 0 Å². The molecule has 8 aromatic carbocycles. The minimum atomic E-state index is -0.168. The lowest BCUT2D eigenvalue weighted by Crippen LogP contribution is -2.60. The van der Waals surface area contributed by atoms with Crippen LogP contribution < -0.4 is 15.7 Å². The van der Waals surface area contributed by atoms with Crippen molar-refractivity contribution in [3.8, 4) is 16.8 Å². The smallest absolute Gasteiger partial charge is 0.333 e. The molecule has 2 aliphatic heterocycles. The molecule has 0 bridgehead atoms. The maximum atomic E-state index is 6.82. The van der Waals surface area contributed by atoms with Crippen molar-refractivity contribution in [3.05, 3.63) is 150 Å². The number of fused-ring (bicyclic) bond motifs is 17. The van der Waals surface area contributed by atoms with Gasteiger partial charge in [-0.2, -0.15) is 0 Å². The molecule has 0 saturated heterocycles. The second-order valence-electron chi connectivity index (χ2n) is 20.2. The van der Waals surface area contributed by atoms with E-state index in [4.69, 9.17) is 13.3 Å². The average Bonchev–Trinajstić information content (AvgIpc) is 4.01. The molecule has 0 aliphatic carbocycles. The van der Waals surface area contributed by atoms with E-state index >= 15 is 0 Å². The van der Waals surface area contributed by atoms with Gasteiger partial charge in [-0.15, -0.1) is 0 Å². The van der Waals surface area contributed by atoms with Crippen molar-refractivity contribution in [1.82, 2.24) is 4.57 Å². The topological polar surface area (TPSA) is 47.6 Å². The summed E-state index contributed by atoms with van der Waals surface area (Å²) in [5, 5.41) is 9.24. The molecule has 63 heavy (non-hydrogen) atoms. The summed E-state index contributed by atoms with van der Waals surface area (Å²) in [6.07, 6.45) is 0. The fourth-order valence-electron chi connectivity index (χ4n) is 11.3. The second-order valence-corrected chi connectivity index (χ2v) is 20.2. The van der Waals surface area contributed by atoms with E-state index in [1.807, 2.05) is 6.07 Å². The van der Waals surface area contributed by atoms with Gasteiger partial charge in [0.2, 0.25) is 0 Å². The quantitative estimate of drug-likeness (QED) is 0.155. The van der Waals surface area contributed by atoms with Crippen molar-refractivity contribution < 1.29 is 13.3 Å². The zero-order valence-corrected chi connectivity index (χ0v) is 36.4. The van der Waals surface area contributed by atoms with E-state index in [0.717, 1.165) is 88.4 Å². The van der Waals surface area contributed by atoms with Gasteiger partial charge in [-0.05, 0) is 106 Å². The van der Waals surface area contributed by atoms with Gasteiger partial charge in [0.05, 0.1) is 11.0 Å². The summed E-state index contributed by atoms with van der Waals surface area (Å²) in [5.74, 6) is 0. The first-order valence-electron chi connectivity index (χ1n) is 22.2. The third-order valence-corrected chi connectivity index (χ3v) is 14.4. The molecule has 0 unspecified atom stereocenters. The summed E-state index contributed by atoms with van der Waals surface area (Å²) in [6.45, 7) is 15.8. The van der Waals surface area contributed by atoms with Crippen LogP contribution in [0.15, 0.2) is 147 Å². The Labute approximate surface area is 364 Å². The van der Waals surface area contributed by atoms with Crippen molar-refractivity contribution in [3.63, 3.8) is 0 Å². The van der Waals surface area contributed by atoms with Gasteiger partial charge in [-0.1, -0.05) is 102 Å². The van der Waals surface area contributed by atoms with Crippen molar-refractivity contribution in [2.45, 2.75) is 59.3 Å². The minimum absolute atomic E-state index is 0.000875. The van der Waals surface area contributed by atoms with Gasteiger partial charge in [-0.25, -0.2) is 0 Å². The van der Waals surface area contributed by atoms with Gasteiger partial charge >= 0.3 is 6.85 Å². The van der Waals surface area contributed by atoms with Gasteiger partial charge < -0.3 is 22.6 Å². The molecule has 0 spiro atoms. The molecular formula is C57H43BN2O3. The van der Waals surface area contributed by atoms with Crippen molar-refractivity contribution in [1.29, 1.82) is 0 Å². The van der Waals surface area contributed by atoms with Gasteiger partial charge in [0.25, 0.3) is 0 Å². The third kappa shape index (κ3) is 4.63. The van der Waals surface area contributed by atoms with Crippen LogP contribution in [0.25, 0.3) is 104 Å². The molecule has 302 valence electrons. The number of rotatable bonds is 1. The van der Waals surface area contributed by atoms with E-state index in [-0.39, 0.29) is 17.7 Å². The van der Waals surface area contributed by atoms with E-state index in [9.17, 15) is 0 Å². The summed E-state index contributed by atoms with van der Waals surface area (Å²) in [4.78, 5) is 2.60. The van der Waals surface area contributed by atoms with Crippen LogP contribution in [-0.2, 0) is 10.8 Å². The van der Waals surface area contributed by atoms with Crippen LogP contribution in [0.1, 0.15) is 58.2 Å². The molecule has 0 atom stereocenters. The van der Waals surface area contributed by atoms with E-state index in [1.54, 1.807) is 0 Å². The highest BCUT2D eigenvalue weighted by molar-refractivity contribution is 6.94. The Morgan fingerprint density at radius 1 is 0.460 bits per heavy atom. The maximum absolute atomic E-state index is 6.82. The van der Waals surface area contributed by atoms with Crippen LogP contribution in [0.5, 0.6) is 0 Å². The Morgan fingerprint density at radius 2 is 1.03 bits per heavy atom. The summed E-state index contributed by atoms with van der Waals surface area (Å²) in [6, 6.07) is 49.4. The second kappa shape index (κ2) is 11.6. The summed E-state index contributed by atoms with van der Waals surface area (Å²) in [5.41, 5.74) is 20.0. The van der Waals surface area contributed by atoms with Crippen LogP contribution in [0.3, 0.4) is 0 Å². The molecule has 4 aromatic heterocycles. The van der Waals surface area contributed by atoms with Crippen LogP contribution >= 0.6 is 0 Å². The number of hydrogen-bond donors (Lipinski definition) is 0. The fourth-order valence-corrected chi connectivity index (χ4v) is 11.3. The number of hydrogen-bond acceptors (Lipinski definition) is 4. The highest BCUT2D eigenvalue weighted by atomic mass is 16.3. The molecule has 0 saturated carbocycles. The highest BCUT2D eigenvalue weighted by Crippen LogP contribution is 2.50.